The van der Waals surface area contributed by atoms with Crippen molar-refractivity contribution in [2.45, 2.75) is 70.9 Å². The second-order valence-electron chi connectivity index (χ2n) is 5.97. The van der Waals surface area contributed by atoms with Gasteiger partial charge in [0.2, 0.25) is 0 Å². The molecule has 0 unspecified atom stereocenters. The predicted octanol–water partition coefficient (Wildman–Crippen LogP) is 3.46. The molecular formula is C15H29NO. The maximum atomic E-state index is 6.00. The van der Waals surface area contributed by atoms with Crippen molar-refractivity contribution >= 4 is 0 Å². The normalized spacial score (nSPS) is 31.8. The fourth-order valence-electron chi connectivity index (χ4n) is 4.15. The van der Waals surface area contributed by atoms with Crippen LogP contribution in [0.2, 0.25) is 0 Å². The zero-order chi connectivity index (χ0) is 12.3. The topological polar surface area (TPSA) is 12.5 Å². The third kappa shape index (κ3) is 2.39. The van der Waals surface area contributed by atoms with Gasteiger partial charge in [-0.05, 0) is 46.2 Å². The van der Waals surface area contributed by atoms with E-state index in [0.717, 1.165) is 12.6 Å². The van der Waals surface area contributed by atoms with Crippen LogP contribution in [0.25, 0.3) is 0 Å². The zero-order valence-corrected chi connectivity index (χ0v) is 11.9. The van der Waals surface area contributed by atoms with Crippen molar-refractivity contribution in [2.24, 2.45) is 5.41 Å². The highest BCUT2D eigenvalue weighted by Gasteiger charge is 2.56. The van der Waals surface area contributed by atoms with Crippen molar-refractivity contribution in [1.82, 2.24) is 4.90 Å². The molecule has 2 saturated carbocycles. The van der Waals surface area contributed by atoms with Gasteiger partial charge in [-0.15, -0.1) is 0 Å². The molecule has 0 saturated heterocycles. The SMILES string of the molecule is CCCN(C)[C@@H]1C[C@@H](OCC)C12CCCCC2. The van der Waals surface area contributed by atoms with Gasteiger partial charge in [0.25, 0.3) is 0 Å². The van der Waals surface area contributed by atoms with Gasteiger partial charge in [0.05, 0.1) is 6.10 Å². The second-order valence-corrected chi connectivity index (χ2v) is 5.97. The Hall–Kier alpha value is -0.0800. The summed E-state index contributed by atoms with van der Waals surface area (Å²) < 4.78 is 6.00. The molecule has 0 aromatic carbocycles. The lowest BCUT2D eigenvalue weighted by atomic mass is 9.54. The van der Waals surface area contributed by atoms with Crippen LogP contribution in [0.1, 0.15) is 58.8 Å². The van der Waals surface area contributed by atoms with Gasteiger partial charge in [0.1, 0.15) is 0 Å². The zero-order valence-electron chi connectivity index (χ0n) is 11.9. The van der Waals surface area contributed by atoms with Crippen LogP contribution < -0.4 is 0 Å². The lowest BCUT2D eigenvalue weighted by Crippen LogP contribution is -2.64. The van der Waals surface area contributed by atoms with Crippen LogP contribution in [0.3, 0.4) is 0 Å². The molecule has 2 heteroatoms. The van der Waals surface area contributed by atoms with Gasteiger partial charge in [-0.25, -0.2) is 0 Å². The highest BCUT2D eigenvalue weighted by atomic mass is 16.5. The Bertz CT molecular complexity index is 235. The number of nitrogens with zero attached hydrogens (tertiary/aromatic N) is 1. The average molecular weight is 239 g/mol. The summed E-state index contributed by atoms with van der Waals surface area (Å²) in [5.41, 5.74) is 0.512. The van der Waals surface area contributed by atoms with E-state index in [1.807, 2.05) is 0 Å². The highest BCUT2D eigenvalue weighted by molar-refractivity contribution is 5.09. The molecule has 0 aromatic heterocycles. The van der Waals surface area contributed by atoms with Crippen molar-refractivity contribution in [3.8, 4) is 0 Å². The summed E-state index contributed by atoms with van der Waals surface area (Å²) in [6, 6.07) is 0.791. The third-order valence-electron chi connectivity index (χ3n) is 5.00. The van der Waals surface area contributed by atoms with Gasteiger partial charge in [-0.2, -0.15) is 0 Å². The number of hydrogen-bond acceptors (Lipinski definition) is 2. The van der Waals surface area contributed by atoms with Crippen LogP contribution in [-0.4, -0.2) is 37.2 Å². The van der Waals surface area contributed by atoms with Crippen molar-refractivity contribution in [3.05, 3.63) is 0 Å². The Morgan fingerprint density at radius 1 is 1.18 bits per heavy atom. The minimum atomic E-state index is 0.512. The summed E-state index contributed by atoms with van der Waals surface area (Å²) in [6.45, 7) is 6.55. The predicted molar refractivity (Wildman–Crippen MR) is 72.3 cm³/mol. The van der Waals surface area contributed by atoms with E-state index in [-0.39, 0.29) is 0 Å². The first kappa shape index (κ1) is 13.4. The lowest BCUT2D eigenvalue weighted by molar-refractivity contribution is -0.178. The molecule has 0 heterocycles. The quantitative estimate of drug-likeness (QED) is 0.728. The first-order chi connectivity index (χ1) is 8.24. The Morgan fingerprint density at radius 2 is 1.88 bits per heavy atom. The summed E-state index contributed by atoms with van der Waals surface area (Å²) in [5, 5.41) is 0. The molecule has 2 nitrogen and oxygen atoms in total. The van der Waals surface area contributed by atoms with Gasteiger partial charge >= 0.3 is 0 Å². The van der Waals surface area contributed by atoms with Crippen LogP contribution in [0.4, 0.5) is 0 Å². The van der Waals surface area contributed by atoms with E-state index in [9.17, 15) is 0 Å². The highest BCUT2D eigenvalue weighted by Crippen LogP contribution is 2.55. The van der Waals surface area contributed by atoms with Crippen LogP contribution in [0.15, 0.2) is 0 Å². The number of rotatable bonds is 5. The van der Waals surface area contributed by atoms with E-state index in [0.29, 0.717) is 11.5 Å². The first-order valence-electron chi connectivity index (χ1n) is 7.56. The molecule has 0 aliphatic heterocycles. The molecule has 0 bridgehead atoms. The molecule has 2 aliphatic carbocycles. The first-order valence-corrected chi connectivity index (χ1v) is 7.56. The fraction of sp³-hybridized carbons (Fsp3) is 1.00. The Morgan fingerprint density at radius 3 is 2.47 bits per heavy atom. The maximum absolute atomic E-state index is 6.00. The van der Waals surface area contributed by atoms with Gasteiger partial charge in [0.15, 0.2) is 0 Å². The molecular weight excluding hydrogens is 210 g/mol. The summed E-state index contributed by atoms with van der Waals surface area (Å²) in [7, 11) is 2.31. The minimum Gasteiger partial charge on any atom is -0.378 e. The second kappa shape index (κ2) is 5.71. The smallest absolute Gasteiger partial charge is 0.0661 e. The fourth-order valence-corrected chi connectivity index (χ4v) is 4.15. The molecule has 2 rings (SSSR count). The van der Waals surface area contributed by atoms with Crippen LogP contribution >= 0.6 is 0 Å². The number of hydrogen-bond donors (Lipinski definition) is 0. The average Bonchev–Trinajstić information content (AvgIpc) is 2.35. The summed E-state index contributed by atoms with van der Waals surface area (Å²) in [5.74, 6) is 0. The van der Waals surface area contributed by atoms with Crippen LogP contribution in [0.5, 0.6) is 0 Å². The lowest BCUT2D eigenvalue weighted by Gasteiger charge is -2.60. The van der Waals surface area contributed by atoms with Gasteiger partial charge < -0.3 is 9.64 Å². The Labute approximate surface area is 107 Å². The molecule has 100 valence electrons. The van der Waals surface area contributed by atoms with Crippen molar-refractivity contribution in [3.63, 3.8) is 0 Å². The standard InChI is InChI=1S/C15H29NO/c1-4-11-16(3)13-12-14(17-5-2)15(13)9-7-6-8-10-15/h13-14H,4-12H2,1-3H3/t13-,14-/m1/s1. The molecule has 2 fully saturated rings. The monoisotopic (exact) mass is 239 g/mol. The van der Waals surface area contributed by atoms with Crippen LogP contribution in [0, 0.1) is 5.41 Å². The van der Waals surface area contributed by atoms with Crippen molar-refractivity contribution in [1.29, 1.82) is 0 Å². The van der Waals surface area contributed by atoms with E-state index in [4.69, 9.17) is 4.74 Å². The van der Waals surface area contributed by atoms with Crippen molar-refractivity contribution < 1.29 is 4.74 Å². The molecule has 0 aromatic rings. The Kier molecular flexibility index (Phi) is 4.48. The molecule has 0 radical (unpaired) electrons. The van der Waals surface area contributed by atoms with E-state index in [1.165, 1.54) is 51.5 Å². The molecule has 0 N–H and O–H groups in total. The molecule has 2 atom stereocenters. The van der Waals surface area contributed by atoms with E-state index in [1.54, 1.807) is 0 Å². The van der Waals surface area contributed by atoms with Gasteiger partial charge in [0, 0.05) is 18.1 Å². The molecule has 1 spiro atoms. The van der Waals surface area contributed by atoms with Crippen molar-refractivity contribution in [2.75, 3.05) is 20.2 Å². The Balaban J connectivity index is 2.02. The molecule has 17 heavy (non-hydrogen) atoms. The summed E-state index contributed by atoms with van der Waals surface area (Å²) in [4.78, 5) is 2.60. The van der Waals surface area contributed by atoms with Gasteiger partial charge in [-0.3, -0.25) is 0 Å². The maximum Gasteiger partial charge on any atom is 0.0661 e. The van der Waals surface area contributed by atoms with Crippen LogP contribution in [-0.2, 0) is 4.74 Å². The van der Waals surface area contributed by atoms with E-state index >= 15 is 0 Å². The van der Waals surface area contributed by atoms with E-state index in [2.05, 4.69) is 25.8 Å². The molecule has 2 aliphatic rings. The number of ether oxygens (including phenoxy) is 1. The van der Waals surface area contributed by atoms with E-state index < -0.39 is 0 Å². The molecule has 0 amide bonds. The largest absolute Gasteiger partial charge is 0.378 e. The summed E-state index contributed by atoms with van der Waals surface area (Å²) >= 11 is 0. The third-order valence-corrected chi connectivity index (χ3v) is 5.00. The van der Waals surface area contributed by atoms with Gasteiger partial charge in [-0.1, -0.05) is 26.2 Å². The summed E-state index contributed by atoms with van der Waals surface area (Å²) in [6.07, 6.45) is 10.2. The minimum absolute atomic E-state index is 0.512.